The molecule has 0 aliphatic rings. The maximum atomic E-state index is 12.4. The number of carbonyl (C=O) groups is 1. The molecule has 0 saturated carbocycles. The summed E-state index contributed by atoms with van der Waals surface area (Å²) in [6, 6.07) is 11.8. The van der Waals surface area contributed by atoms with Gasteiger partial charge in [0.05, 0.1) is 11.7 Å². The first-order chi connectivity index (χ1) is 13.0. The van der Waals surface area contributed by atoms with Crippen molar-refractivity contribution in [3.63, 3.8) is 0 Å². The molecule has 1 amide bonds. The second-order valence-corrected chi connectivity index (χ2v) is 6.88. The van der Waals surface area contributed by atoms with Crippen LogP contribution in [0.25, 0.3) is 6.08 Å². The van der Waals surface area contributed by atoms with Gasteiger partial charge >= 0.3 is 0 Å². The average molecular weight is 364 g/mol. The van der Waals surface area contributed by atoms with Crippen LogP contribution < -0.4 is 5.32 Å². The highest BCUT2D eigenvalue weighted by Crippen LogP contribution is 2.09. The van der Waals surface area contributed by atoms with Crippen molar-refractivity contribution in [1.29, 1.82) is 5.41 Å². The molecule has 142 valence electrons. The topological polar surface area (TPSA) is 65.8 Å². The highest BCUT2D eigenvalue weighted by Gasteiger charge is 2.16. The van der Waals surface area contributed by atoms with Crippen molar-refractivity contribution in [3.8, 4) is 0 Å². The Morgan fingerprint density at radius 1 is 1.22 bits per heavy atom. The zero-order chi connectivity index (χ0) is 19.6. The summed E-state index contributed by atoms with van der Waals surface area (Å²) in [6.07, 6.45) is 8.06. The Morgan fingerprint density at radius 3 is 2.63 bits per heavy atom. The molecule has 1 aromatic heterocycles. The number of rotatable bonds is 9. The fraction of sp³-hybridized carbons (Fsp3) is 0.348. The first-order valence-corrected chi connectivity index (χ1v) is 9.50. The van der Waals surface area contributed by atoms with Crippen molar-refractivity contribution < 1.29 is 4.79 Å². The number of nitrogens with zero attached hydrogens (tertiary/aromatic N) is 1. The fourth-order valence-corrected chi connectivity index (χ4v) is 2.83. The summed E-state index contributed by atoms with van der Waals surface area (Å²) < 4.78 is 0. The van der Waals surface area contributed by atoms with Gasteiger partial charge in [-0.1, -0.05) is 49.8 Å². The minimum absolute atomic E-state index is 0.0723. The van der Waals surface area contributed by atoms with Gasteiger partial charge in [0, 0.05) is 18.3 Å². The number of hydrogen-bond acceptors (Lipinski definition) is 3. The number of hydrogen-bond donors (Lipinski definition) is 2. The van der Waals surface area contributed by atoms with Crippen molar-refractivity contribution in [1.82, 2.24) is 10.3 Å². The van der Waals surface area contributed by atoms with E-state index in [4.69, 9.17) is 5.41 Å². The molecule has 0 spiro atoms. The van der Waals surface area contributed by atoms with Gasteiger partial charge in [0.15, 0.2) is 0 Å². The lowest BCUT2D eigenvalue weighted by atomic mass is 9.99. The standard InChI is InChI=1S/C23H29N3O/c1-4-9-21(24)22(15-19-10-6-5-7-11-19)26-23(27)13-8-12-20-14-17(2)18(3)16-25-20/h5-8,10-12,14,16,22,24H,4,9,13,15H2,1-3H3,(H,26,27)/b12-8+,24-21?. The Kier molecular flexibility index (Phi) is 7.93. The van der Waals surface area contributed by atoms with Gasteiger partial charge in [-0.25, -0.2) is 0 Å². The highest BCUT2D eigenvalue weighted by atomic mass is 16.1. The van der Waals surface area contributed by atoms with Gasteiger partial charge < -0.3 is 10.7 Å². The quantitative estimate of drug-likeness (QED) is 0.637. The molecule has 27 heavy (non-hydrogen) atoms. The van der Waals surface area contributed by atoms with Crippen LogP contribution in [0.2, 0.25) is 0 Å². The second kappa shape index (κ2) is 10.4. The molecule has 2 aromatic rings. The second-order valence-electron chi connectivity index (χ2n) is 6.88. The van der Waals surface area contributed by atoms with E-state index < -0.39 is 0 Å². The van der Waals surface area contributed by atoms with Crippen LogP contribution in [-0.2, 0) is 11.2 Å². The number of aromatic nitrogens is 1. The summed E-state index contributed by atoms with van der Waals surface area (Å²) in [5.74, 6) is -0.0723. The van der Waals surface area contributed by atoms with Gasteiger partial charge in [-0.15, -0.1) is 0 Å². The summed E-state index contributed by atoms with van der Waals surface area (Å²) in [5.41, 5.74) is 4.90. The molecule has 1 aromatic carbocycles. The minimum atomic E-state index is -0.256. The summed E-state index contributed by atoms with van der Waals surface area (Å²) in [7, 11) is 0. The smallest absolute Gasteiger partial charge is 0.224 e. The van der Waals surface area contributed by atoms with E-state index in [0.717, 1.165) is 23.2 Å². The zero-order valence-electron chi connectivity index (χ0n) is 16.5. The lowest BCUT2D eigenvalue weighted by molar-refractivity contribution is -0.120. The molecule has 0 radical (unpaired) electrons. The Balaban J connectivity index is 1.96. The number of aryl methyl sites for hydroxylation is 2. The van der Waals surface area contributed by atoms with Crippen LogP contribution >= 0.6 is 0 Å². The summed E-state index contributed by atoms with van der Waals surface area (Å²) in [6.45, 7) is 6.13. The van der Waals surface area contributed by atoms with E-state index >= 15 is 0 Å². The Labute approximate surface area is 162 Å². The van der Waals surface area contributed by atoms with Gasteiger partial charge in [-0.05, 0) is 55.5 Å². The molecule has 2 rings (SSSR count). The van der Waals surface area contributed by atoms with Crippen LogP contribution in [0.3, 0.4) is 0 Å². The van der Waals surface area contributed by atoms with Crippen LogP contribution in [-0.4, -0.2) is 22.6 Å². The lowest BCUT2D eigenvalue weighted by Crippen LogP contribution is -2.41. The molecule has 1 unspecified atom stereocenters. The summed E-state index contributed by atoms with van der Waals surface area (Å²) >= 11 is 0. The largest absolute Gasteiger partial charge is 0.347 e. The molecular formula is C23H29N3O. The van der Waals surface area contributed by atoms with Crippen molar-refractivity contribution in [2.75, 3.05) is 0 Å². The molecule has 0 aliphatic carbocycles. The molecule has 0 bridgehead atoms. The van der Waals surface area contributed by atoms with Crippen LogP contribution in [0.15, 0.2) is 48.7 Å². The van der Waals surface area contributed by atoms with Gasteiger partial charge in [0.2, 0.25) is 5.91 Å². The summed E-state index contributed by atoms with van der Waals surface area (Å²) in [4.78, 5) is 16.7. The van der Waals surface area contributed by atoms with E-state index in [1.165, 1.54) is 5.56 Å². The highest BCUT2D eigenvalue weighted by molar-refractivity contribution is 5.91. The van der Waals surface area contributed by atoms with E-state index in [-0.39, 0.29) is 18.4 Å². The summed E-state index contributed by atoms with van der Waals surface area (Å²) in [5, 5.41) is 11.3. The Morgan fingerprint density at radius 2 is 1.96 bits per heavy atom. The molecule has 1 atom stereocenters. The molecule has 0 aliphatic heterocycles. The first-order valence-electron chi connectivity index (χ1n) is 9.50. The van der Waals surface area contributed by atoms with Crippen LogP contribution in [0.5, 0.6) is 0 Å². The minimum Gasteiger partial charge on any atom is -0.347 e. The molecule has 4 nitrogen and oxygen atoms in total. The van der Waals surface area contributed by atoms with E-state index in [9.17, 15) is 4.79 Å². The SMILES string of the molecule is CCCC(=N)C(Cc1ccccc1)NC(=O)C/C=C/c1cc(C)c(C)cn1. The third-order valence-electron chi connectivity index (χ3n) is 4.54. The van der Waals surface area contributed by atoms with Crippen LogP contribution in [0.4, 0.5) is 0 Å². The first kappa shape index (κ1) is 20.6. The number of amides is 1. The lowest BCUT2D eigenvalue weighted by Gasteiger charge is -2.19. The average Bonchev–Trinajstić information content (AvgIpc) is 2.65. The van der Waals surface area contributed by atoms with Crippen molar-refractivity contribution >= 4 is 17.7 Å². The van der Waals surface area contributed by atoms with Crippen LogP contribution in [0, 0.1) is 19.3 Å². The van der Waals surface area contributed by atoms with Crippen LogP contribution in [0.1, 0.15) is 48.6 Å². The number of carbonyl (C=O) groups excluding carboxylic acids is 1. The van der Waals surface area contributed by atoms with E-state index in [0.29, 0.717) is 18.6 Å². The number of nitrogens with one attached hydrogen (secondary N) is 2. The molecule has 2 N–H and O–H groups in total. The van der Waals surface area contributed by atoms with E-state index in [2.05, 4.69) is 24.1 Å². The van der Waals surface area contributed by atoms with Gasteiger partial charge in [0.25, 0.3) is 0 Å². The fourth-order valence-electron chi connectivity index (χ4n) is 2.83. The van der Waals surface area contributed by atoms with Gasteiger partial charge in [0.1, 0.15) is 0 Å². The molecule has 1 heterocycles. The van der Waals surface area contributed by atoms with Gasteiger partial charge in [-0.2, -0.15) is 0 Å². The molecule has 4 heteroatoms. The number of benzene rings is 1. The van der Waals surface area contributed by atoms with Gasteiger partial charge in [-0.3, -0.25) is 9.78 Å². The maximum Gasteiger partial charge on any atom is 0.224 e. The van der Waals surface area contributed by atoms with E-state index in [1.807, 2.05) is 61.7 Å². The van der Waals surface area contributed by atoms with E-state index in [1.54, 1.807) is 0 Å². The molecular weight excluding hydrogens is 334 g/mol. The zero-order valence-corrected chi connectivity index (χ0v) is 16.5. The molecule has 0 fully saturated rings. The third kappa shape index (κ3) is 6.81. The third-order valence-corrected chi connectivity index (χ3v) is 4.54. The number of pyridine rings is 1. The van der Waals surface area contributed by atoms with Crippen molar-refractivity contribution in [3.05, 3.63) is 71.1 Å². The maximum absolute atomic E-state index is 12.4. The normalized spacial score (nSPS) is 12.1. The van der Waals surface area contributed by atoms with Crippen molar-refractivity contribution in [2.24, 2.45) is 0 Å². The predicted molar refractivity (Wildman–Crippen MR) is 112 cm³/mol. The Hall–Kier alpha value is -2.75. The Bertz CT molecular complexity index is 797. The monoisotopic (exact) mass is 363 g/mol. The molecule has 0 saturated heterocycles. The van der Waals surface area contributed by atoms with Crippen molar-refractivity contribution in [2.45, 2.75) is 52.5 Å². The predicted octanol–water partition coefficient (Wildman–Crippen LogP) is 4.65.